The van der Waals surface area contributed by atoms with Gasteiger partial charge in [-0.05, 0) is 35.6 Å². The minimum absolute atomic E-state index is 0.00267. The van der Waals surface area contributed by atoms with Crippen LogP contribution in [0.3, 0.4) is 0 Å². The third kappa shape index (κ3) is 7.02. The van der Waals surface area contributed by atoms with Gasteiger partial charge in [0.25, 0.3) is 0 Å². The van der Waals surface area contributed by atoms with E-state index in [2.05, 4.69) is 15.0 Å². The first-order chi connectivity index (χ1) is 11.8. The van der Waals surface area contributed by atoms with Crippen LogP contribution >= 0.6 is 11.3 Å². The normalized spacial score (nSPS) is 13.5. The fraction of sp³-hybridized carbons (Fsp3) is 0.312. The summed E-state index contributed by atoms with van der Waals surface area (Å²) in [5.74, 6) is -0.144. The predicted octanol–water partition coefficient (Wildman–Crippen LogP) is 2.83. The molecule has 0 aliphatic carbocycles. The van der Waals surface area contributed by atoms with Gasteiger partial charge >= 0.3 is 6.36 Å². The molecule has 0 fully saturated rings. The molecular weight excluding hydrogens is 355 g/mol. The molecule has 0 spiro atoms. The highest BCUT2D eigenvalue weighted by molar-refractivity contribution is 7.09. The van der Waals surface area contributed by atoms with E-state index in [1.54, 1.807) is 11.3 Å². The quantitative estimate of drug-likeness (QED) is 0.515. The lowest BCUT2D eigenvalue weighted by atomic mass is 10.1. The number of halogens is 3. The second-order valence-electron chi connectivity index (χ2n) is 5.11. The highest BCUT2D eigenvalue weighted by atomic mass is 32.1. The molecule has 0 radical (unpaired) electrons. The maximum atomic E-state index is 12.1. The molecule has 0 bridgehead atoms. The standard InChI is InChI=1S/C16H18F3N3O2S/c17-16(18,19)24-12-5-3-11(4-6-12)14(23)10-22-15(20)21-8-7-13-2-1-9-25-13/h1-6,9,14,23H,7-8,10H2,(H3,20,21,22). The van der Waals surface area contributed by atoms with Crippen molar-refractivity contribution in [2.24, 2.45) is 10.7 Å². The Labute approximate surface area is 147 Å². The first-order valence-corrected chi connectivity index (χ1v) is 8.31. The average molecular weight is 373 g/mol. The summed E-state index contributed by atoms with van der Waals surface area (Å²) < 4.78 is 40.0. The van der Waals surface area contributed by atoms with E-state index in [1.807, 2.05) is 17.5 Å². The molecule has 9 heteroatoms. The average Bonchev–Trinajstić information content (AvgIpc) is 3.05. The van der Waals surface area contributed by atoms with Crippen LogP contribution in [0.15, 0.2) is 46.8 Å². The molecule has 0 aliphatic heterocycles. The maximum Gasteiger partial charge on any atom is 0.573 e. The van der Waals surface area contributed by atoms with Crippen molar-refractivity contribution in [2.75, 3.05) is 13.1 Å². The Morgan fingerprint density at radius 1 is 1.28 bits per heavy atom. The van der Waals surface area contributed by atoms with Crippen molar-refractivity contribution >= 4 is 17.3 Å². The number of hydrogen-bond acceptors (Lipinski definition) is 4. The van der Waals surface area contributed by atoms with Crippen molar-refractivity contribution in [2.45, 2.75) is 18.9 Å². The van der Waals surface area contributed by atoms with Crippen LogP contribution in [-0.2, 0) is 6.42 Å². The number of thiophene rings is 1. The van der Waals surface area contributed by atoms with E-state index in [0.29, 0.717) is 12.1 Å². The Bertz CT molecular complexity index is 673. The van der Waals surface area contributed by atoms with Crippen molar-refractivity contribution in [3.63, 3.8) is 0 Å². The number of alkyl halides is 3. The van der Waals surface area contributed by atoms with Crippen molar-refractivity contribution in [3.8, 4) is 5.75 Å². The summed E-state index contributed by atoms with van der Waals surface area (Å²) in [7, 11) is 0. The highest BCUT2D eigenvalue weighted by Gasteiger charge is 2.31. The summed E-state index contributed by atoms with van der Waals surface area (Å²) in [5.41, 5.74) is 6.14. The molecule has 4 N–H and O–H groups in total. The highest BCUT2D eigenvalue weighted by Crippen LogP contribution is 2.24. The second kappa shape index (κ2) is 8.72. The Morgan fingerprint density at radius 2 is 2.00 bits per heavy atom. The number of benzene rings is 1. The topological polar surface area (TPSA) is 79.9 Å². The van der Waals surface area contributed by atoms with E-state index in [-0.39, 0.29) is 18.3 Å². The fourth-order valence-corrected chi connectivity index (χ4v) is 2.72. The van der Waals surface area contributed by atoms with Crippen LogP contribution in [-0.4, -0.2) is 30.5 Å². The van der Waals surface area contributed by atoms with Gasteiger partial charge in [-0.2, -0.15) is 0 Å². The number of nitrogens with two attached hydrogens (primary N) is 1. The third-order valence-electron chi connectivity index (χ3n) is 3.19. The van der Waals surface area contributed by atoms with E-state index in [9.17, 15) is 18.3 Å². The number of aliphatic imine (C=N–C) groups is 1. The minimum Gasteiger partial charge on any atom is -0.406 e. The monoisotopic (exact) mass is 373 g/mol. The summed E-state index contributed by atoms with van der Waals surface area (Å²) in [6.45, 7) is 0.618. The summed E-state index contributed by atoms with van der Waals surface area (Å²) in [5, 5.41) is 15.0. The van der Waals surface area contributed by atoms with Gasteiger partial charge in [-0.25, -0.2) is 0 Å². The summed E-state index contributed by atoms with van der Waals surface area (Å²) in [6, 6.07) is 8.97. The predicted molar refractivity (Wildman–Crippen MR) is 90.6 cm³/mol. The number of nitrogens with zero attached hydrogens (tertiary/aromatic N) is 1. The second-order valence-corrected chi connectivity index (χ2v) is 6.15. The van der Waals surface area contributed by atoms with Crippen LogP contribution in [0.5, 0.6) is 5.75 Å². The van der Waals surface area contributed by atoms with E-state index in [4.69, 9.17) is 5.73 Å². The third-order valence-corrected chi connectivity index (χ3v) is 4.13. The Kier molecular flexibility index (Phi) is 6.65. The zero-order valence-electron chi connectivity index (χ0n) is 13.2. The molecule has 1 aromatic carbocycles. The van der Waals surface area contributed by atoms with Crippen LogP contribution in [0.2, 0.25) is 0 Å². The van der Waals surface area contributed by atoms with E-state index < -0.39 is 12.5 Å². The van der Waals surface area contributed by atoms with Crippen LogP contribution in [0.4, 0.5) is 13.2 Å². The van der Waals surface area contributed by atoms with Crippen molar-refractivity contribution < 1.29 is 23.0 Å². The Hall–Kier alpha value is -2.26. The molecule has 5 nitrogen and oxygen atoms in total. The fourth-order valence-electron chi connectivity index (χ4n) is 2.01. The number of aliphatic hydroxyl groups is 1. The number of ether oxygens (including phenoxy) is 1. The smallest absolute Gasteiger partial charge is 0.406 e. The molecule has 2 aromatic rings. The number of hydrogen-bond donors (Lipinski definition) is 3. The van der Waals surface area contributed by atoms with Crippen LogP contribution in [0.1, 0.15) is 16.5 Å². The molecule has 1 unspecified atom stereocenters. The first-order valence-electron chi connectivity index (χ1n) is 7.43. The van der Waals surface area contributed by atoms with Crippen LogP contribution in [0, 0.1) is 0 Å². The first kappa shape index (κ1) is 19.1. The zero-order valence-corrected chi connectivity index (χ0v) is 14.0. The zero-order chi connectivity index (χ0) is 18.3. The SMILES string of the molecule is NC(=NCC(O)c1ccc(OC(F)(F)F)cc1)NCCc1cccs1. The lowest BCUT2D eigenvalue weighted by Gasteiger charge is -2.12. The molecule has 2 rings (SSSR count). The van der Waals surface area contributed by atoms with Crippen LogP contribution in [0.25, 0.3) is 0 Å². The maximum absolute atomic E-state index is 12.1. The van der Waals surface area contributed by atoms with Gasteiger partial charge in [0, 0.05) is 11.4 Å². The molecule has 25 heavy (non-hydrogen) atoms. The molecular formula is C16H18F3N3O2S. The summed E-state index contributed by atoms with van der Waals surface area (Å²) >= 11 is 1.65. The van der Waals surface area contributed by atoms with Gasteiger partial charge in [-0.1, -0.05) is 18.2 Å². The van der Waals surface area contributed by atoms with Gasteiger partial charge in [0.1, 0.15) is 5.75 Å². The molecule has 136 valence electrons. The largest absolute Gasteiger partial charge is 0.573 e. The van der Waals surface area contributed by atoms with Gasteiger partial charge < -0.3 is 20.9 Å². The van der Waals surface area contributed by atoms with Gasteiger partial charge in [0.15, 0.2) is 5.96 Å². The molecule has 0 saturated carbocycles. The van der Waals surface area contributed by atoms with Gasteiger partial charge in [-0.15, -0.1) is 24.5 Å². The number of guanidine groups is 1. The summed E-state index contributed by atoms with van der Waals surface area (Å²) in [4.78, 5) is 5.25. The van der Waals surface area contributed by atoms with Gasteiger partial charge in [-0.3, -0.25) is 4.99 Å². The minimum atomic E-state index is -4.74. The molecule has 0 saturated heterocycles. The molecule has 0 amide bonds. The Balaban J connectivity index is 1.79. The van der Waals surface area contributed by atoms with Crippen molar-refractivity contribution in [1.82, 2.24) is 5.32 Å². The van der Waals surface area contributed by atoms with E-state index in [1.165, 1.54) is 17.0 Å². The Morgan fingerprint density at radius 3 is 2.60 bits per heavy atom. The lowest BCUT2D eigenvalue weighted by Crippen LogP contribution is -2.33. The van der Waals surface area contributed by atoms with Crippen molar-refractivity contribution in [3.05, 3.63) is 52.2 Å². The van der Waals surface area contributed by atoms with Crippen molar-refractivity contribution in [1.29, 1.82) is 0 Å². The molecule has 1 heterocycles. The van der Waals surface area contributed by atoms with Gasteiger partial charge in [0.05, 0.1) is 12.6 Å². The number of nitrogens with one attached hydrogen (secondary N) is 1. The van der Waals surface area contributed by atoms with Gasteiger partial charge in [0.2, 0.25) is 0 Å². The molecule has 1 atom stereocenters. The lowest BCUT2D eigenvalue weighted by molar-refractivity contribution is -0.274. The number of aliphatic hydroxyl groups excluding tert-OH is 1. The van der Waals surface area contributed by atoms with Crippen LogP contribution < -0.4 is 15.8 Å². The molecule has 1 aromatic heterocycles. The van der Waals surface area contributed by atoms with E-state index >= 15 is 0 Å². The molecule has 0 aliphatic rings. The summed E-state index contributed by atoms with van der Waals surface area (Å²) in [6.07, 6.45) is -4.90. The van der Waals surface area contributed by atoms with E-state index in [0.717, 1.165) is 18.6 Å². The number of rotatable bonds is 7.